The summed E-state index contributed by atoms with van der Waals surface area (Å²) in [6.45, 7) is 4.83. The molecule has 2 atom stereocenters. The highest BCUT2D eigenvalue weighted by Crippen LogP contribution is 2.27. The second-order valence-electron chi connectivity index (χ2n) is 5.12. The molecular formula is C12H24N2. The van der Waals surface area contributed by atoms with E-state index in [4.69, 9.17) is 0 Å². The first-order valence-corrected chi connectivity index (χ1v) is 6.23. The number of hydrogen-bond donors (Lipinski definition) is 1. The molecule has 14 heavy (non-hydrogen) atoms. The molecular weight excluding hydrogens is 172 g/mol. The molecule has 1 aliphatic heterocycles. The van der Waals surface area contributed by atoms with E-state index in [-0.39, 0.29) is 0 Å². The number of piperidine rings is 1. The van der Waals surface area contributed by atoms with Crippen LogP contribution in [0, 0.1) is 5.92 Å². The lowest BCUT2D eigenvalue weighted by Crippen LogP contribution is -2.45. The lowest BCUT2D eigenvalue weighted by atomic mass is 9.90. The summed E-state index contributed by atoms with van der Waals surface area (Å²) in [6, 6.07) is 1.68. The highest BCUT2D eigenvalue weighted by Gasteiger charge is 2.29. The van der Waals surface area contributed by atoms with E-state index in [1.54, 1.807) is 0 Å². The zero-order valence-corrected chi connectivity index (χ0v) is 9.63. The Labute approximate surface area is 88.1 Å². The van der Waals surface area contributed by atoms with Gasteiger partial charge in [-0.1, -0.05) is 13.3 Å². The summed E-state index contributed by atoms with van der Waals surface area (Å²) in [7, 11) is 2.29. The van der Waals surface area contributed by atoms with E-state index >= 15 is 0 Å². The van der Waals surface area contributed by atoms with Gasteiger partial charge in [0.05, 0.1) is 0 Å². The number of nitrogens with one attached hydrogen (secondary N) is 1. The molecule has 0 aromatic heterocycles. The van der Waals surface area contributed by atoms with Crippen molar-refractivity contribution < 1.29 is 0 Å². The van der Waals surface area contributed by atoms with Crippen molar-refractivity contribution in [2.45, 2.75) is 51.1 Å². The van der Waals surface area contributed by atoms with Crippen molar-refractivity contribution in [3.8, 4) is 0 Å². The molecule has 2 aliphatic rings. The standard InChI is InChI=1S/C12H24N2/c1-3-10-6-7-13-11(8-10)9-14(2)12-4-5-12/h10-13H,3-9H2,1-2H3. The van der Waals surface area contributed by atoms with Crippen molar-refractivity contribution in [3.05, 3.63) is 0 Å². The quantitative estimate of drug-likeness (QED) is 0.738. The molecule has 0 radical (unpaired) electrons. The molecule has 2 nitrogen and oxygen atoms in total. The Bertz CT molecular complexity index is 177. The van der Waals surface area contributed by atoms with Gasteiger partial charge in [-0.2, -0.15) is 0 Å². The van der Waals surface area contributed by atoms with Crippen molar-refractivity contribution in [3.63, 3.8) is 0 Å². The van der Waals surface area contributed by atoms with Crippen LogP contribution in [0.5, 0.6) is 0 Å². The molecule has 1 N–H and O–H groups in total. The largest absolute Gasteiger partial charge is 0.313 e. The molecule has 0 bridgehead atoms. The molecule has 0 spiro atoms. The number of likely N-dealkylation sites (N-methyl/N-ethyl adjacent to an activating group) is 1. The molecule has 0 aromatic rings. The van der Waals surface area contributed by atoms with Crippen LogP contribution in [-0.2, 0) is 0 Å². The maximum absolute atomic E-state index is 3.66. The summed E-state index contributed by atoms with van der Waals surface area (Å²) in [5.74, 6) is 0.980. The Hall–Kier alpha value is -0.0800. The maximum atomic E-state index is 3.66. The molecule has 2 fully saturated rings. The van der Waals surface area contributed by atoms with Crippen molar-refractivity contribution in [1.29, 1.82) is 0 Å². The Morgan fingerprint density at radius 3 is 2.71 bits per heavy atom. The van der Waals surface area contributed by atoms with Crippen LogP contribution in [0.4, 0.5) is 0 Å². The normalized spacial score (nSPS) is 33.6. The van der Waals surface area contributed by atoms with Gasteiger partial charge in [-0.05, 0) is 45.2 Å². The Balaban J connectivity index is 1.73. The van der Waals surface area contributed by atoms with Gasteiger partial charge in [-0.3, -0.25) is 0 Å². The first-order chi connectivity index (χ1) is 6.79. The van der Waals surface area contributed by atoms with Crippen LogP contribution >= 0.6 is 0 Å². The molecule has 0 aromatic carbocycles. The van der Waals surface area contributed by atoms with E-state index in [1.165, 1.54) is 45.2 Å². The SMILES string of the molecule is CCC1CCNC(CN(C)C2CC2)C1. The fourth-order valence-corrected chi connectivity index (χ4v) is 2.62. The van der Waals surface area contributed by atoms with Gasteiger partial charge in [-0.15, -0.1) is 0 Å². The first-order valence-electron chi connectivity index (χ1n) is 6.23. The average Bonchev–Trinajstić information content (AvgIpc) is 3.01. The van der Waals surface area contributed by atoms with E-state index in [9.17, 15) is 0 Å². The maximum Gasteiger partial charge on any atom is 0.0197 e. The second-order valence-corrected chi connectivity index (χ2v) is 5.12. The first kappa shape index (κ1) is 10.4. The van der Waals surface area contributed by atoms with Crippen LogP contribution in [0.3, 0.4) is 0 Å². The average molecular weight is 196 g/mol. The number of hydrogen-bond acceptors (Lipinski definition) is 2. The molecule has 2 unspecified atom stereocenters. The van der Waals surface area contributed by atoms with E-state index in [2.05, 4.69) is 24.2 Å². The fourth-order valence-electron chi connectivity index (χ4n) is 2.62. The van der Waals surface area contributed by atoms with Crippen molar-refractivity contribution >= 4 is 0 Å². The molecule has 0 amide bonds. The number of nitrogens with zero attached hydrogens (tertiary/aromatic N) is 1. The van der Waals surface area contributed by atoms with Crippen LogP contribution < -0.4 is 5.32 Å². The minimum Gasteiger partial charge on any atom is -0.313 e. The van der Waals surface area contributed by atoms with Crippen LogP contribution in [0.25, 0.3) is 0 Å². The molecule has 1 saturated carbocycles. The summed E-state index contributed by atoms with van der Waals surface area (Å²) in [4.78, 5) is 2.55. The predicted molar refractivity (Wildman–Crippen MR) is 60.5 cm³/mol. The van der Waals surface area contributed by atoms with E-state index in [1.807, 2.05) is 0 Å². The Morgan fingerprint density at radius 1 is 1.29 bits per heavy atom. The van der Waals surface area contributed by atoms with Crippen molar-refractivity contribution in [2.75, 3.05) is 20.1 Å². The van der Waals surface area contributed by atoms with Gasteiger partial charge in [0, 0.05) is 18.6 Å². The lowest BCUT2D eigenvalue weighted by Gasteiger charge is -2.32. The monoisotopic (exact) mass is 196 g/mol. The van der Waals surface area contributed by atoms with Crippen LogP contribution in [-0.4, -0.2) is 37.1 Å². The molecule has 2 rings (SSSR count). The Kier molecular flexibility index (Phi) is 3.45. The highest BCUT2D eigenvalue weighted by molar-refractivity contribution is 4.87. The zero-order valence-electron chi connectivity index (χ0n) is 9.63. The zero-order chi connectivity index (χ0) is 9.97. The lowest BCUT2D eigenvalue weighted by molar-refractivity contribution is 0.220. The third-order valence-corrected chi connectivity index (χ3v) is 3.86. The minimum atomic E-state index is 0.763. The molecule has 82 valence electrons. The topological polar surface area (TPSA) is 15.3 Å². The molecule has 1 aliphatic carbocycles. The van der Waals surface area contributed by atoms with Gasteiger partial charge in [0.15, 0.2) is 0 Å². The summed E-state index contributed by atoms with van der Waals surface area (Å²) in [6.07, 6.45) is 7.01. The van der Waals surface area contributed by atoms with Gasteiger partial charge < -0.3 is 10.2 Å². The van der Waals surface area contributed by atoms with E-state index < -0.39 is 0 Å². The van der Waals surface area contributed by atoms with Crippen molar-refractivity contribution in [1.82, 2.24) is 10.2 Å². The van der Waals surface area contributed by atoms with Gasteiger partial charge in [-0.25, -0.2) is 0 Å². The predicted octanol–water partition coefficient (Wildman–Crippen LogP) is 1.86. The van der Waals surface area contributed by atoms with Gasteiger partial charge in [0.2, 0.25) is 0 Å². The third-order valence-electron chi connectivity index (χ3n) is 3.86. The third kappa shape index (κ3) is 2.71. The summed E-state index contributed by atoms with van der Waals surface area (Å²) < 4.78 is 0. The van der Waals surface area contributed by atoms with E-state index in [0.29, 0.717) is 0 Å². The highest BCUT2D eigenvalue weighted by atomic mass is 15.2. The summed E-state index contributed by atoms with van der Waals surface area (Å²) in [5.41, 5.74) is 0. The fraction of sp³-hybridized carbons (Fsp3) is 1.00. The van der Waals surface area contributed by atoms with Crippen LogP contribution in [0.15, 0.2) is 0 Å². The van der Waals surface area contributed by atoms with Crippen LogP contribution in [0.2, 0.25) is 0 Å². The van der Waals surface area contributed by atoms with Gasteiger partial charge >= 0.3 is 0 Å². The molecule has 1 heterocycles. The van der Waals surface area contributed by atoms with Gasteiger partial charge in [0.1, 0.15) is 0 Å². The molecule has 2 heteroatoms. The van der Waals surface area contributed by atoms with E-state index in [0.717, 1.165) is 18.0 Å². The number of rotatable bonds is 4. The van der Waals surface area contributed by atoms with Gasteiger partial charge in [0.25, 0.3) is 0 Å². The molecule has 1 saturated heterocycles. The van der Waals surface area contributed by atoms with Crippen LogP contribution in [0.1, 0.15) is 39.0 Å². The minimum absolute atomic E-state index is 0.763. The Morgan fingerprint density at radius 2 is 2.07 bits per heavy atom. The summed E-state index contributed by atoms with van der Waals surface area (Å²) >= 11 is 0. The van der Waals surface area contributed by atoms with Crippen molar-refractivity contribution in [2.24, 2.45) is 5.92 Å². The second kappa shape index (κ2) is 4.63. The summed E-state index contributed by atoms with van der Waals surface area (Å²) in [5, 5.41) is 3.66. The smallest absolute Gasteiger partial charge is 0.0197 e.